The van der Waals surface area contributed by atoms with E-state index in [9.17, 15) is 0 Å². The Hall–Kier alpha value is -2.41. The Kier molecular flexibility index (Phi) is 7.63. The number of H-pyrrole nitrogens is 1. The van der Waals surface area contributed by atoms with Crippen molar-refractivity contribution in [1.82, 2.24) is 35.5 Å². The standard InChI is InChI=1S/C18H24N8O2.HI/c1-2-19-18(20-12-16-21-17(23-22-16)15-4-3-10-27-15)26-8-6-25(7-9-26)13-14-5-11-28-24-14;/h3-5,10-11H,2,6-9,12-13H2,1H3,(H,19,20)(H,21,22,23);1H. The maximum absolute atomic E-state index is 5.32. The summed E-state index contributed by atoms with van der Waals surface area (Å²) < 4.78 is 10.2. The molecule has 0 aliphatic carbocycles. The summed E-state index contributed by atoms with van der Waals surface area (Å²) in [5.41, 5.74) is 0.965. The molecule has 4 heterocycles. The van der Waals surface area contributed by atoms with Crippen molar-refractivity contribution in [2.75, 3.05) is 32.7 Å². The Balaban J connectivity index is 0.00000240. The van der Waals surface area contributed by atoms with Crippen molar-refractivity contribution in [3.8, 4) is 11.6 Å². The van der Waals surface area contributed by atoms with Crippen LogP contribution in [0.5, 0.6) is 0 Å². The molecule has 3 aromatic heterocycles. The van der Waals surface area contributed by atoms with Crippen LogP contribution < -0.4 is 5.32 Å². The van der Waals surface area contributed by atoms with Gasteiger partial charge < -0.3 is 19.2 Å². The van der Waals surface area contributed by atoms with Crippen molar-refractivity contribution in [2.24, 2.45) is 4.99 Å². The van der Waals surface area contributed by atoms with Crippen LogP contribution in [-0.4, -0.2) is 68.8 Å². The number of rotatable bonds is 6. The van der Waals surface area contributed by atoms with Crippen LogP contribution in [0.1, 0.15) is 18.4 Å². The van der Waals surface area contributed by atoms with E-state index >= 15 is 0 Å². The minimum Gasteiger partial charge on any atom is -0.461 e. The number of nitrogens with one attached hydrogen (secondary N) is 2. The Morgan fingerprint density at radius 2 is 2.10 bits per heavy atom. The number of hydrogen-bond acceptors (Lipinski definition) is 7. The van der Waals surface area contributed by atoms with Gasteiger partial charge in [-0.05, 0) is 19.1 Å². The van der Waals surface area contributed by atoms with Gasteiger partial charge in [-0.25, -0.2) is 9.98 Å². The molecule has 2 N–H and O–H groups in total. The van der Waals surface area contributed by atoms with Gasteiger partial charge in [-0.1, -0.05) is 5.16 Å². The highest BCUT2D eigenvalue weighted by Crippen LogP contribution is 2.14. The van der Waals surface area contributed by atoms with E-state index in [1.807, 2.05) is 18.2 Å². The maximum atomic E-state index is 5.32. The molecule has 11 heteroatoms. The predicted octanol–water partition coefficient (Wildman–Crippen LogP) is 1.95. The smallest absolute Gasteiger partial charge is 0.216 e. The van der Waals surface area contributed by atoms with E-state index in [1.54, 1.807) is 12.5 Å². The first kappa shape index (κ1) is 21.3. The molecule has 3 aromatic rings. The third-order valence-electron chi connectivity index (χ3n) is 4.54. The van der Waals surface area contributed by atoms with Gasteiger partial charge in [-0.3, -0.25) is 10.00 Å². The van der Waals surface area contributed by atoms with E-state index in [0.717, 1.165) is 50.9 Å². The lowest BCUT2D eigenvalue weighted by Crippen LogP contribution is -2.52. The zero-order chi connectivity index (χ0) is 19.2. The lowest BCUT2D eigenvalue weighted by atomic mass is 10.3. The fourth-order valence-electron chi connectivity index (χ4n) is 3.12. The van der Waals surface area contributed by atoms with Crippen LogP contribution in [-0.2, 0) is 13.1 Å². The normalized spacial score (nSPS) is 15.3. The molecule has 0 saturated carbocycles. The van der Waals surface area contributed by atoms with Crippen molar-refractivity contribution in [3.63, 3.8) is 0 Å². The molecule has 1 aliphatic rings. The van der Waals surface area contributed by atoms with Gasteiger partial charge in [0.2, 0.25) is 5.82 Å². The first-order valence-electron chi connectivity index (χ1n) is 9.42. The van der Waals surface area contributed by atoms with Gasteiger partial charge in [-0.2, -0.15) is 0 Å². The largest absolute Gasteiger partial charge is 0.461 e. The van der Waals surface area contributed by atoms with Crippen LogP contribution >= 0.6 is 24.0 Å². The fourth-order valence-corrected chi connectivity index (χ4v) is 3.12. The van der Waals surface area contributed by atoms with Gasteiger partial charge in [0.05, 0.1) is 12.0 Å². The summed E-state index contributed by atoms with van der Waals surface area (Å²) in [7, 11) is 0. The van der Waals surface area contributed by atoms with Gasteiger partial charge in [0.15, 0.2) is 11.7 Å². The zero-order valence-electron chi connectivity index (χ0n) is 16.2. The molecule has 10 nitrogen and oxygen atoms in total. The second-order valence-corrected chi connectivity index (χ2v) is 6.51. The highest BCUT2D eigenvalue weighted by atomic mass is 127. The number of furan rings is 1. The van der Waals surface area contributed by atoms with Gasteiger partial charge in [0, 0.05) is 45.3 Å². The summed E-state index contributed by atoms with van der Waals surface area (Å²) in [6.07, 6.45) is 3.22. The molecule has 0 atom stereocenters. The molecule has 0 bridgehead atoms. The number of hydrogen-bond donors (Lipinski definition) is 2. The minimum absolute atomic E-state index is 0. The van der Waals surface area contributed by atoms with Crippen LogP contribution in [0.2, 0.25) is 0 Å². The van der Waals surface area contributed by atoms with E-state index in [1.165, 1.54) is 0 Å². The summed E-state index contributed by atoms with van der Waals surface area (Å²) in [4.78, 5) is 13.8. The van der Waals surface area contributed by atoms with Crippen molar-refractivity contribution >= 4 is 29.9 Å². The molecule has 0 unspecified atom stereocenters. The van der Waals surface area contributed by atoms with E-state index in [2.05, 4.69) is 42.4 Å². The van der Waals surface area contributed by atoms with Gasteiger partial charge >= 0.3 is 0 Å². The molecule has 0 amide bonds. The van der Waals surface area contributed by atoms with Gasteiger partial charge in [0.25, 0.3) is 0 Å². The molecule has 156 valence electrons. The predicted molar refractivity (Wildman–Crippen MR) is 118 cm³/mol. The third-order valence-corrected chi connectivity index (χ3v) is 4.54. The molecule has 1 fully saturated rings. The third kappa shape index (κ3) is 5.56. The molecule has 29 heavy (non-hydrogen) atoms. The number of piperazine rings is 1. The maximum Gasteiger partial charge on any atom is 0.216 e. The molecule has 4 rings (SSSR count). The van der Waals surface area contributed by atoms with E-state index < -0.39 is 0 Å². The first-order valence-corrected chi connectivity index (χ1v) is 9.42. The van der Waals surface area contributed by atoms with E-state index in [-0.39, 0.29) is 24.0 Å². The monoisotopic (exact) mass is 512 g/mol. The zero-order valence-corrected chi connectivity index (χ0v) is 18.6. The summed E-state index contributed by atoms with van der Waals surface area (Å²) in [5, 5.41) is 14.5. The minimum atomic E-state index is 0. The Bertz CT molecular complexity index is 870. The number of guanidine groups is 1. The fraction of sp³-hybridized carbons (Fsp3) is 0.444. The molecular weight excluding hydrogens is 487 g/mol. The van der Waals surface area contributed by atoms with Crippen LogP contribution in [0, 0.1) is 0 Å². The molecule has 1 aliphatic heterocycles. The van der Waals surface area contributed by atoms with Crippen molar-refractivity contribution in [1.29, 1.82) is 0 Å². The highest BCUT2D eigenvalue weighted by Gasteiger charge is 2.20. The molecule has 1 saturated heterocycles. The van der Waals surface area contributed by atoms with Crippen molar-refractivity contribution in [3.05, 3.63) is 42.2 Å². The van der Waals surface area contributed by atoms with E-state index in [0.29, 0.717) is 24.0 Å². The van der Waals surface area contributed by atoms with Crippen LogP contribution in [0.3, 0.4) is 0 Å². The van der Waals surface area contributed by atoms with E-state index in [4.69, 9.17) is 13.9 Å². The number of nitrogens with zero attached hydrogens (tertiary/aromatic N) is 6. The number of aliphatic imine (C=N–C) groups is 1. The van der Waals surface area contributed by atoms with Gasteiger partial charge in [-0.15, -0.1) is 29.1 Å². The Labute approximate surface area is 185 Å². The summed E-state index contributed by atoms with van der Waals surface area (Å²) in [5.74, 6) is 2.77. The van der Waals surface area contributed by atoms with Crippen molar-refractivity contribution in [2.45, 2.75) is 20.0 Å². The SMILES string of the molecule is CCNC(=NCc1nc(-c2ccco2)n[nH]1)N1CCN(Cc2ccon2)CC1.I. The topological polar surface area (TPSA) is 112 Å². The van der Waals surface area contributed by atoms with Crippen LogP contribution in [0.4, 0.5) is 0 Å². The molecule has 0 radical (unpaired) electrons. The lowest BCUT2D eigenvalue weighted by molar-refractivity contribution is 0.169. The lowest BCUT2D eigenvalue weighted by Gasteiger charge is -2.36. The average molecular weight is 512 g/mol. The number of halogens is 1. The second kappa shape index (κ2) is 10.4. The quantitative estimate of drug-likeness (QED) is 0.293. The summed E-state index contributed by atoms with van der Waals surface area (Å²) >= 11 is 0. The molecule has 0 aromatic carbocycles. The summed E-state index contributed by atoms with van der Waals surface area (Å²) in [6, 6.07) is 5.56. The highest BCUT2D eigenvalue weighted by molar-refractivity contribution is 14.0. The van der Waals surface area contributed by atoms with Crippen molar-refractivity contribution < 1.29 is 8.94 Å². The number of aromatic amines is 1. The number of aromatic nitrogens is 4. The van der Waals surface area contributed by atoms with Gasteiger partial charge in [0.1, 0.15) is 18.6 Å². The Morgan fingerprint density at radius 3 is 2.79 bits per heavy atom. The van der Waals surface area contributed by atoms with Crippen LogP contribution in [0.15, 0.2) is 44.7 Å². The average Bonchev–Trinajstić information content (AvgIpc) is 3.48. The first-order chi connectivity index (χ1) is 13.8. The molecular formula is C18H25IN8O2. The Morgan fingerprint density at radius 1 is 1.24 bits per heavy atom. The second-order valence-electron chi connectivity index (χ2n) is 6.51. The summed E-state index contributed by atoms with van der Waals surface area (Å²) in [6.45, 7) is 7.81. The molecule has 0 spiro atoms. The van der Waals surface area contributed by atoms with Crippen LogP contribution in [0.25, 0.3) is 11.6 Å².